The fourth-order valence-electron chi connectivity index (χ4n) is 2.24. The maximum Gasteiger partial charge on any atom is 0.254 e. The highest BCUT2D eigenvalue weighted by molar-refractivity contribution is 7.99. The molecule has 0 aliphatic carbocycles. The molecule has 3 rings (SSSR count). The lowest BCUT2D eigenvalue weighted by Crippen LogP contribution is -2.26. The summed E-state index contributed by atoms with van der Waals surface area (Å²) in [6.07, 6.45) is 1.69. The van der Waals surface area contributed by atoms with E-state index in [1.54, 1.807) is 22.8 Å². The monoisotopic (exact) mass is 355 g/mol. The molecule has 22 heavy (non-hydrogen) atoms. The van der Waals surface area contributed by atoms with E-state index < -0.39 is 0 Å². The summed E-state index contributed by atoms with van der Waals surface area (Å²) in [4.78, 5) is 28.2. The van der Waals surface area contributed by atoms with Gasteiger partial charge in [0.15, 0.2) is 5.16 Å². The second kappa shape index (κ2) is 6.32. The average molecular weight is 356 g/mol. The molecule has 1 aromatic heterocycles. The topological polar surface area (TPSA) is 64.0 Å². The number of halogens is 2. The quantitative estimate of drug-likeness (QED) is 0.858. The van der Waals surface area contributed by atoms with Gasteiger partial charge in [0, 0.05) is 30.1 Å². The molecule has 8 heteroatoms. The molecule has 1 atom stereocenters. The van der Waals surface area contributed by atoms with E-state index in [1.165, 1.54) is 24.0 Å². The normalized spacial score (nSPS) is 16.4. The van der Waals surface area contributed by atoms with Crippen molar-refractivity contribution in [2.75, 3.05) is 11.1 Å². The van der Waals surface area contributed by atoms with E-state index in [0.29, 0.717) is 26.6 Å². The zero-order chi connectivity index (χ0) is 15.7. The summed E-state index contributed by atoms with van der Waals surface area (Å²) in [7, 11) is 0. The molecule has 1 aliphatic rings. The van der Waals surface area contributed by atoms with E-state index in [9.17, 15) is 9.59 Å². The van der Waals surface area contributed by atoms with Crippen LogP contribution in [0.1, 0.15) is 12.5 Å². The molecule has 114 valence electrons. The van der Waals surface area contributed by atoms with Crippen LogP contribution in [0.5, 0.6) is 0 Å². The zero-order valence-corrected chi connectivity index (χ0v) is 13.6. The summed E-state index contributed by atoms with van der Waals surface area (Å²) in [5.74, 6) is 0.466. The Bertz CT molecular complexity index is 794. The number of aromatic nitrogens is 2. The van der Waals surface area contributed by atoms with E-state index in [2.05, 4.69) is 10.3 Å². The van der Waals surface area contributed by atoms with E-state index in [1.807, 2.05) is 0 Å². The average Bonchev–Trinajstić information content (AvgIpc) is 2.87. The molecule has 0 bridgehead atoms. The second-order valence-electron chi connectivity index (χ2n) is 4.78. The number of nitrogens with one attached hydrogen (secondary N) is 1. The molecule has 2 aromatic rings. The van der Waals surface area contributed by atoms with Crippen LogP contribution in [-0.4, -0.2) is 21.2 Å². The Morgan fingerprint density at radius 1 is 1.36 bits per heavy atom. The van der Waals surface area contributed by atoms with Crippen LogP contribution >= 0.6 is 35.0 Å². The Kier molecular flexibility index (Phi) is 4.42. The van der Waals surface area contributed by atoms with Gasteiger partial charge in [-0.1, -0.05) is 35.0 Å². The fourth-order valence-corrected chi connectivity index (χ4v) is 3.66. The third-order valence-corrected chi connectivity index (χ3v) is 5.09. The van der Waals surface area contributed by atoms with E-state index >= 15 is 0 Å². The van der Waals surface area contributed by atoms with Gasteiger partial charge in [0.2, 0.25) is 5.91 Å². The van der Waals surface area contributed by atoms with Crippen molar-refractivity contribution in [2.45, 2.75) is 17.6 Å². The molecule has 1 aromatic carbocycles. The number of hydrogen-bond acceptors (Lipinski definition) is 4. The molecule has 0 radical (unpaired) electrons. The molecular weight excluding hydrogens is 345 g/mol. The molecule has 5 nitrogen and oxygen atoms in total. The van der Waals surface area contributed by atoms with Crippen LogP contribution in [0.3, 0.4) is 0 Å². The van der Waals surface area contributed by atoms with Crippen molar-refractivity contribution < 1.29 is 4.79 Å². The van der Waals surface area contributed by atoms with Crippen LogP contribution in [0.4, 0.5) is 5.69 Å². The van der Waals surface area contributed by atoms with Crippen molar-refractivity contribution in [3.63, 3.8) is 0 Å². The van der Waals surface area contributed by atoms with Crippen molar-refractivity contribution in [2.24, 2.45) is 0 Å². The maximum absolute atomic E-state index is 12.2. The molecular formula is C14H11Cl2N3O2S. The minimum atomic E-state index is -0.191. The Morgan fingerprint density at radius 3 is 2.95 bits per heavy atom. The molecule has 1 aliphatic heterocycles. The van der Waals surface area contributed by atoms with Gasteiger partial charge >= 0.3 is 0 Å². The predicted molar refractivity (Wildman–Crippen MR) is 88.0 cm³/mol. The highest BCUT2D eigenvalue weighted by Gasteiger charge is 2.26. The minimum absolute atomic E-state index is 0.137. The summed E-state index contributed by atoms with van der Waals surface area (Å²) in [5, 5.41) is 4.22. The molecule has 2 heterocycles. The summed E-state index contributed by atoms with van der Waals surface area (Å²) < 4.78 is 1.57. The van der Waals surface area contributed by atoms with Crippen LogP contribution in [-0.2, 0) is 4.79 Å². The van der Waals surface area contributed by atoms with Crippen LogP contribution in [0.2, 0.25) is 10.0 Å². The first-order valence-corrected chi connectivity index (χ1v) is 8.24. The number of amides is 1. The van der Waals surface area contributed by atoms with Crippen LogP contribution in [0, 0.1) is 0 Å². The molecule has 0 saturated carbocycles. The van der Waals surface area contributed by atoms with Gasteiger partial charge in [-0.15, -0.1) is 0 Å². The molecule has 0 saturated heterocycles. The van der Waals surface area contributed by atoms with Crippen LogP contribution in [0.25, 0.3) is 0 Å². The lowest BCUT2D eigenvalue weighted by Gasteiger charge is -2.13. The second-order valence-corrected chi connectivity index (χ2v) is 6.58. The third-order valence-electron chi connectivity index (χ3n) is 3.24. The van der Waals surface area contributed by atoms with Gasteiger partial charge in [0.25, 0.3) is 5.56 Å². The number of benzene rings is 1. The predicted octanol–water partition coefficient (Wildman–Crippen LogP) is 3.23. The standard InChI is InChI=1S/C14H11Cl2N3O2S/c15-10-2-1-8(5-11(10)16)18-12(20)6-9-7-22-14-17-4-3-13(21)19(9)14/h1-5,9H,6-7H2,(H,18,20)/t9-/m1/s1. The maximum atomic E-state index is 12.2. The highest BCUT2D eigenvalue weighted by atomic mass is 35.5. The molecule has 0 unspecified atom stereocenters. The SMILES string of the molecule is O=C(C[C@@H]1CSc2nccc(=O)n21)Nc1ccc(Cl)c(Cl)c1. The number of carbonyl (C=O) groups is 1. The zero-order valence-electron chi connectivity index (χ0n) is 11.3. The van der Waals surface area contributed by atoms with Gasteiger partial charge in [-0.2, -0.15) is 0 Å². The van der Waals surface area contributed by atoms with Crippen molar-refractivity contribution in [1.82, 2.24) is 9.55 Å². The number of nitrogens with zero attached hydrogens (tertiary/aromatic N) is 2. The number of rotatable bonds is 3. The van der Waals surface area contributed by atoms with Crippen molar-refractivity contribution in [1.29, 1.82) is 0 Å². The lowest BCUT2D eigenvalue weighted by molar-refractivity contribution is -0.116. The first-order valence-electron chi connectivity index (χ1n) is 6.50. The van der Waals surface area contributed by atoms with E-state index in [-0.39, 0.29) is 23.9 Å². The van der Waals surface area contributed by atoms with Gasteiger partial charge in [0.1, 0.15) is 0 Å². The Labute approximate surface area is 140 Å². The lowest BCUT2D eigenvalue weighted by atomic mass is 10.2. The Morgan fingerprint density at radius 2 is 2.18 bits per heavy atom. The summed E-state index contributed by atoms with van der Waals surface area (Å²) in [5.41, 5.74) is 0.436. The largest absolute Gasteiger partial charge is 0.326 e. The van der Waals surface area contributed by atoms with Crippen molar-refractivity contribution in [3.05, 3.63) is 50.9 Å². The van der Waals surface area contributed by atoms with Gasteiger partial charge in [-0.25, -0.2) is 4.98 Å². The van der Waals surface area contributed by atoms with Crippen molar-refractivity contribution >= 4 is 46.6 Å². The van der Waals surface area contributed by atoms with Gasteiger partial charge in [0.05, 0.1) is 16.1 Å². The first-order chi connectivity index (χ1) is 10.5. The molecule has 1 N–H and O–H groups in total. The highest BCUT2D eigenvalue weighted by Crippen LogP contribution is 2.32. The molecule has 0 spiro atoms. The number of fused-ring (bicyclic) bond motifs is 1. The Hall–Kier alpha value is -1.50. The van der Waals surface area contributed by atoms with Crippen molar-refractivity contribution in [3.8, 4) is 0 Å². The summed E-state index contributed by atoms with van der Waals surface area (Å²) in [6, 6.07) is 6.10. The number of anilines is 1. The minimum Gasteiger partial charge on any atom is -0.326 e. The number of carbonyl (C=O) groups excluding carboxylic acids is 1. The molecule has 0 fully saturated rings. The van der Waals surface area contributed by atoms with Gasteiger partial charge < -0.3 is 5.32 Å². The first kappa shape index (κ1) is 15.4. The smallest absolute Gasteiger partial charge is 0.254 e. The van der Waals surface area contributed by atoms with Gasteiger partial charge in [-0.05, 0) is 18.2 Å². The third kappa shape index (κ3) is 3.14. The molecule has 1 amide bonds. The summed E-state index contributed by atoms with van der Waals surface area (Å²) in [6.45, 7) is 0. The summed E-state index contributed by atoms with van der Waals surface area (Å²) >= 11 is 13.2. The van der Waals surface area contributed by atoms with E-state index in [4.69, 9.17) is 23.2 Å². The number of hydrogen-bond donors (Lipinski definition) is 1. The van der Waals surface area contributed by atoms with Crippen LogP contribution in [0.15, 0.2) is 40.4 Å². The van der Waals surface area contributed by atoms with Gasteiger partial charge in [-0.3, -0.25) is 14.2 Å². The van der Waals surface area contributed by atoms with Crippen LogP contribution < -0.4 is 10.9 Å². The van der Waals surface area contributed by atoms with E-state index in [0.717, 1.165) is 0 Å². The number of thioether (sulfide) groups is 1. The Balaban J connectivity index is 1.71. The fraction of sp³-hybridized carbons (Fsp3) is 0.214.